The number of hydrogen-bond acceptors (Lipinski definition) is 5. The monoisotopic (exact) mass is 1180 g/mol. The Morgan fingerprint density at radius 3 is 1.35 bits per heavy atom. The Morgan fingerprint density at radius 2 is 0.809 bits per heavy atom. The molecule has 13 aromatic rings. The smallest absolute Gasteiger partial charge is 0.252 e. The van der Waals surface area contributed by atoms with Gasteiger partial charge in [0.05, 0.1) is 16.9 Å². The third-order valence-corrected chi connectivity index (χ3v) is 20.3. The zero-order valence-corrected chi connectivity index (χ0v) is 55.1. The van der Waals surface area contributed by atoms with Crippen LogP contribution in [0, 0.1) is 0 Å². The predicted octanol–water partition coefficient (Wildman–Crippen LogP) is 21.9. The van der Waals surface area contributed by atoms with Gasteiger partial charge in [0.2, 0.25) is 0 Å². The van der Waals surface area contributed by atoms with Gasteiger partial charge in [0.25, 0.3) is 6.71 Å². The van der Waals surface area contributed by atoms with E-state index in [2.05, 4.69) is 329 Å². The van der Waals surface area contributed by atoms with Gasteiger partial charge in [-0.2, -0.15) is 0 Å². The molecule has 442 valence electrons. The van der Waals surface area contributed by atoms with E-state index in [0.29, 0.717) is 0 Å². The molecule has 0 atom stereocenters. The van der Waals surface area contributed by atoms with Crippen LogP contribution in [0.2, 0.25) is 0 Å². The molecule has 0 saturated carbocycles. The number of hydrogen-bond donors (Lipinski definition) is 0. The van der Waals surface area contributed by atoms with Crippen LogP contribution in [0.1, 0.15) is 132 Å². The quantitative estimate of drug-likeness (QED) is 0.149. The summed E-state index contributed by atoms with van der Waals surface area (Å²) >= 11 is 1.88. The van der Waals surface area contributed by atoms with Crippen LogP contribution in [-0.4, -0.2) is 11.3 Å². The fourth-order valence-corrected chi connectivity index (χ4v) is 15.3. The van der Waals surface area contributed by atoms with Gasteiger partial charge in [-0.25, -0.2) is 0 Å². The molecule has 10 aromatic carbocycles. The molecule has 0 bridgehead atoms. The van der Waals surface area contributed by atoms with E-state index >= 15 is 0 Å². The molecule has 0 unspecified atom stereocenters. The second-order valence-electron chi connectivity index (χ2n) is 30.3. The summed E-state index contributed by atoms with van der Waals surface area (Å²) in [6, 6.07) is 79.2. The van der Waals surface area contributed by atoms with Crippen molar-refractivity contribution in [2.24, 2.45) is 0 Å². The largest absolute Gasteiger partial charge is 0.454 e. The molecule has 2 aliphatic rings. The van der Waals surface area contributed by atoms with Crippen molar-refractivity contribution in [3.63, 3.8) is 0 Å². The van der Waals surface area contributed by atoms with Crippen molar-refractivity contribution < 1.29 is 4.42 Å². The van der Waals surface area contributed by atoms with Crippen molar-refractivity contribution in [3.8, 4) is 5.69 Å². The molecule has 3 aromatic heterocycles. The number of furan rings is 1. The zero-order valence-electron chi connectivity index (χ0n) is 54.3. The molecule has 0 aliphatic carbocycles. The molecule has 0 fully saturated rings. The summed E-state index contributed by atoms with van der Waals surface area (Å²) in [4.78, 5) is 7.64. The highest BCUT2D eigenvalue weighted by atomic mass is 32.1. The first kappa shape index (κ1) is 56.7. The van der Waals surface area contributed by atoms with Crippen LogP contribution in [0.5, 0.6) is 0 Å². The number of aromatic nitrogens is 1. The summed E-state index contributed by atoms with van der Waals surface area (Å²) in [5, 5.41) is 4.75. The third-order valence-electron chi connectivity index (χ3n) is 19.1. The number of fused-ring (bicyclic) bond motifs is 12. The normalized spacial score (nSPS) is 13.5. The van der Waals surface area contributed by atoms with Crippen molar-refractivity contribution in [1.29, 1.82) is 0 Å². The van der Waals surface area contributed by atoms with E-state index in [4.69, 9.17) is 4.42 Å². The van der Waals surface area contributed by atoms with Crippen LogP contribution >= 0.6 is 11.3 Å². The van der Waals surface area contributed by atoms with Crippen LogP contribution in [0.25, 0.3) is 58.8 Å². The molecule has 0 saturated heterocycles. The van der Waals surface area contributed by atoms with E-state index in [0.717, 1.165) is 84.3 Å². The first-order valence-corrected chi connectivity index (χ1v) is 32.7. The lowest BCUT2D eigenvalue weighted by atomic mass is 9.33. The Hall–Kier alpha value is -8.78. The average Bonchev–Trinajstić information content (AvgIpc) is 1.62. The molecule has 0 N–H and O–H groups in total. The van der Waals surface area contributed by atoms with Gasteiger partial charge in [-0.05, 0) is 180 Å². The standard InChI is InChI=1S/C82H79BN4OS/c1-78(2,3)50-27-35-55(36-28-50)84(56-37-29-51(30-38-56)79(4,5)6)59-43-44-64-67(47-59)86(66-23-20-26-72-73(66)62-22-17-19-25-71(62)89-72)68-48-60(85(57-39-31-52(32-40-57)80(7,8)9)58-41-33-53(34-42-58)81(10,11)12)49-69-74(68)83(64)65-46-54(82(13,14)15)45-63-75(65)87(69)76-61-21-16-18-24-70(61)88-77(63)76/h16-49H,1-15H3. The minimum absolute atomic E-state index is 0.00542. The minimum Gasteiger partial charge on any atom is -0.454 e. The predicted molar refractivity (Wildman–Crippen MR) is 386 cm³/mol. The maximum Gasteiger partial charge on any atom is 0.252 e. The molecule has 5 nitrogen and oxygen atoms in total. The lowest BCUT2D eigenvalue weighted by molar-refractivity contribution is 0.590. The molecular weight excluding hydrogens is 1100 g/mol. The van der Waals surface area contributed by atoms with E-state index in [1.165, 1.54) is 69.9 Å². The van der Waals surface area contributed by atoms with Crippen LogP contribution in [0.3, 0.4) is 0 Å². The maximum atomic E-state index is 7.19. The summed E-state index contributed by atoms with van der Waals surface area (Å²) in [6.45, 7) is 34.5. The molecular formula is C82H79BN4OS. The number of anilines is 9. The highest BCUT2D eigenvalue weighted by molar-refractivity contribution is 7.26. The molecule has 0 amide bonds. The van der Waals surface area contributed by atoms with Crippen molar-refractivity contribution >= 4 is 139 Å². The van der Waals surface area contributed by atoms with Crippen molar-refractivity contribution in [2.45, 2.75) is 131 Å². The summed E-state index contributed by atoms with van der Waals surface area (Å²) in [7, 11) is 0. The second-order valence-corrected chi connectivity index (χ2v) is 31.4. The van der Waals surface area contributed by atoms with Gasteiger partial charge in [-0.1, -0.05) is 201 Å². The Bertz CT molecular complexity index is 4850. The number of para-hydroxylation sites is 1. The highest BCUT2D eigenvalue weighted by Crippen LogP contribution is 2.52. The number of benzene rings is 10. The Balaban J connectivity index is 1.10. The van der Waals surface area contributed by atoms with Crippen LogP contribution in [-0.2, 0) is 27.1 Å². The molecule has 0 radical (unpaired) electrons. The van der Waals surface area contributed by atoms with Gasteiger partial charge in [0.15, 0.2) is 5.58 Å². The summed E-state index contributed by atoms with van der Waals surface area (Å²) in [5.74, 6) is 0. The summed E-state index contributed by atoms with van der Waals surface area (Å²) < 4.78 is 12.3. The fourth-order valence-electron chi connectivity index (χ4n) is 14.2. The molecule has 5 heterocycles. The highest BCUT2D eigenvalue weighted by Gasteiger charge is 2.45. The van der Waals surface area contributed by atoms with Crippen molar-refractivity contribution in [1.82, 2.24) is 4.57 Å². The zero-order chi connectivity index (χ0) is 62.0. The van der Waals surface area contributed by atoms with Crippen LogP contribution in [0.15, 0.2) is 211 Å². The van der Waals surface area contributed by atoms with E-state index < -0.39 is 0 Å². The molecule has 89 heavy (non-hydrogen) atoms. The van der Waals surface area contributed by atoms with Gasteiger partial charge in [-0.15, -0.1) is 11.3 Å². The van der Waals surface area contributed by atoms with E-state index in [1.54, 1.807) is 0 Å². The molecule has 7 heteroatoms. The van der Waals surface area contributed by atoms with Gasteiger partial charge in [0.1, 0.15) is 11.1 Å². The lowest BCUT2D eigenvalue weighted by Crippen LogP contribution is -2.60. The summed E-state index contributed by atoms with van der Waals surface area (Å²) in [6.07, 6.45) is 0. The third kappa shape index (κ3) is 9.23. The Kier molecular flexibility index (Phi) is 12.7. The van der Waals surface area contributed by atoms with E-state index in [9.17, 15) is 0 Å². The lowest BCUT2D eigenvalue weighted by Gasteiger charge is -2.42. The Labute approximate surface area is 529 Å². The Morgan fingerprint density at radius 1 is 0.348 bits per heavy atom. The number of nitrogens with zero attached hydrogens (tertiary/aromatic N) is 4. The molecule has 0 spiro atoms. The number of thiophene rings is 1. The van der Waals surface area contributed by atoms with Gasteiger partial charge in [-0.3, -0.25) is 0 Å². The first-order chi connectivity index (χ1) is 42.3. The number of rotatable bonds is 7. The van der Waals surface area contributed by atoms with Crippen LogP contribution < -0.4 is 31.1 Å². The van der Waals surface area contributed by atoms with Gasteiger partial charge >= 0.3 is 0 Å². The fraction of sp³-hybridized carbons (Fsp3) is 0.244. The first-order valence-electron chi connectivity index (χ1n) is 31.8. The van der Waals surface area contributed by atoms with Gasteiger partial charge < -0.3 is 23.7 Å². The topological polar surface area (TPSA) is 27.8 Å². The van der Waals surface area contributed by atoms with Gasteiger partial charge in [0, 0.05) is 76.4 Å². The summed E-state index contributed by atoms with van der Waals surface area (Å²) in [5.41, 5.74) is 25.3. The second kappa shape index (κ2) is 19.9. The average molecular weight is 1180 g/mol. The molecule has 2 aliphatic heterocycles. The van der Waals surface area contributed by atoms with E-state index in [-0.39, 0.29) is 33.8 Å². The van der Waals surface area contributed by atoms with Crippen molar-refractivity contribution in [3.05, 3.63) is 234 Å². The SMILES string of the molecule is CC(C)(C)c1ccc(N(c2ccc(C(C)(C)C)cc2)c2ccc3c(c2)N(c2cccc4sc5ccccc5c24)c2cc(N(c4ccc(C(C)(C)C)cc4)c4ccc(C(C)(C)C)cc4)cc4c2B3c2cc(C(C)(C)C)cc3c5oc6ccccc6c5n-4c23)cc1. The van der Waals surface area contributed by atoms with E-state index in [1.807, 2.05) is 11.3 Å². The maximum absolute atomic E-state index is 7.19. The molecule has 15 rings (SSSR count). The van der Waals surface area contributed by atoms with Crippen LogP contribution in [0.4, 0.5) is 51.2 Å². The minimum atomic E-state index is -0.168. The van der Waals surface area contributed by atoms with Crippen molar-refractivity contribution in [2.75, 3.05) is 14.7 Å².